The van der Waals surface area contributed by atoms with Crippen LogP contribution >= 0.6 is 0 Å². The maximum atomic E-state index is 14.1. The number of fused-ring (bicyclic) bond motifs is 3. The number of likely N-dealkylation sites (N-methyl/N-ethyl adjacent to an activating group) is 1. The Labute approximate surface area is 271 Å². The van der Waals surface area contributed by atoms with Crippen LogP contribution in [0.15, 0.2) is 53.3 Å². The van der Waals surface area contributed by atoms with Crippen LogP contribution in [0.3, 0.4) is 0 Å². The van der Waals surface area contributed by atoms with Crippen LogP contribution < -0.4 is 21.3 Å². The molecular weight excluding hydrogens is 610 g/mol. The van der Waals surface area contributed by atoms with Crippen LogP contribution in [0, 0.1) is 11.8 Å². The van der Waals surface area contributed by atoms with Crippen molar-refractivity contribution in [3.63, 3.8) is 0 Å². The molecule has 14 heteroatoms. The number of carbonyl (C=O) groups excluding carboxylic acids is 5. The zero-order valence-electron chi connectivity index (χ0n) is 26.9. The van der Waals surface area contributed by atoms with Gasteiger partial charge in [0.1, 0.15) is 17.1 Å². The van der Waals surface area contributed by atoms with Gasteiger partial charge in [-0.2, -0.15) is 0 Å². The van der Waals surface area contributed by atoms with Gasteiger partial charge in [-0.15, -0.1) is 0 Å². The number of phenols is 1. The molecule has 0 saturated heterocycles. The van der Waals surface area contributed by atoms with E-state index >= 15 is 0 Å². The number of benzene rings is 2. The minimum atomic E-state index is -2.78. The molecule has 0 aliphatic heterocycles. The number of urea groups is 1. The van der Waals surface area contributed by atoms with Crippen molar-refractivity contribution in [2.24, 2.45) is 17.6 Å². The van der Waals surface area contributed by atoms with E-state index in [4.69, 9.17) is 5.73 Å². The molecule has 4 amide bonds. The van der Waals surface area contributed by atoms with Crippen LogP contribution in [0.5, 0.6) is 5.75 Å². The van der Waals surface area contributed by atoms with Gasteiger partial charge in [-0.3, -0.25) is 29.4 Å². The second-order valence-electron chi connectivity index (χ2n) is 11.8. The fraction of sp³-hybridized carbons (Fsp3) is 0.364. The minimum absolute atomic E-state index is 0.0641. The fourth-order valence-corrected chi connectivity index (χ4v) is 6.70. The van der Waals surface area contributed by atoms with Crippen molar-refractivity contribution in [1.82, 2.24) is 10.2 Å². The zero-order valence-corrected chi connectivity index (χ0v) is 26.9. The third-order valence-electron chi connectivity index (χ3n) is 8.69. The molecule has 47 heavy (non-hydrogen) atoms. The molecule has 8 N–H and O–H groups in total. The number of carbonyl (C=O) groups is 5. The summed E-state index contributed by atoms with van der Waals surface area (Å²) in [5.41, 5.74) is 2.03. The van der Waals surface area contributed by atoms with Crippen LogP contribution in [0.25, 0.3) is 5.76 Å². The van der Waals surface area contributed by atoms with Gasteiger partial charge >= 0.3 is 6.03 Å². The van der Waals surface area contributed by atoms with Gasteiger partial charge in [0.15, 0.2) is 17.1 Å². The van der Waals surface area contributed by atoms with Gasteiger partial charge in [-0.05, 0) is 56.6 Å². The summed E-state index contributed by atoms with van der Waals surface area (Å²) in [6.07, 6.45) is -0.00201. The minimum Gasteiger partial charge on any atom is -0.508 e. The van der Waals surface area contributed by atoms with Crippen LogP contribution in [-0.2, 0) is 20.8 Å². The summed E-state index contributed by atoms with van der Waals surface area (Å²) >= 11 is 0. The van der Waals surface area contributed by atoms with Crippen molar-refractivity contribution in [3.8, 4) is 5.75 Å². The Morgan fingerprint density at radius 1 is 1.00 bits per heavy atom. The number of anilines is 2. The highest BCUT2D eigenvalue weighted by atomic mass is 16.3. The van der Waals surface area contributed by atoms with Gasteiger partial charge in [0.25, 0.3) is 11.8 Å². The Morgan fingerprint density at radius 2 is 1.62 bits per heavy atom. The number of nitrogens with one attached hydrogen (secondary N) is 2. The summed E-state index contributed by atoms with van der Waals surface area (Å²) in [7, 11) is 6.42. The van der Waals surface area contributed by atoms with E-state index in [-0.39, 0.29) is 35.2 Å². The first-order valence-corrected chi connectivity index (χ1v) is 15.0. The number of primary amides is 1. The molecule has 0 heterocycles. The highest BCUT2D eigenvalue weighted by Crippen LogP contribution is 2.54. The van der Waals surface area contributed by atoms with E-state index in [1.54, 1.807) is 37.2 Å². The molecule has 0 radical (unpaired) electrons. The molecule has 2 aromatic rings. The highest BCUT2D eigenvalue weighted by Gasteiger charge is 2.64. The van der Waals surface area contributed by atoms with Gasteiger partial charge in [0.2, 0.25) is 5.78 Å². The zero-order chi connectivity index (χ0) is 35.1. The van der Waals surface area contributed by atoms with Gasteiger partial charge in [-0.1, -0.05) is 32.0 Å². The van der Waals surface area contributed by atoms with E-state index in [1.165, 1.54) is 37.2 Å². The predicted octanol–water partition coefficient (Wildman–Crippen LogP) is 2.02. The number of rotatable bonds is 5. The third kappa shape index (κ3) is 5.59. The summed E-state index contributed by atoms with van der Waals surface area (Å²) in [6, 6.07) is 7.22. The molecule has 0 bridgehead atoms. The molecule has 1 saturated carbocycles. The summed E-state index contributed by atoms with van der Waals surface area (Å²) in [6.45, 7) is 4.00. The summed E-state index contributed by atoms with van der Waals surface area (Å²) in [5.74, 6) is -8.52. The Morgan fingerprint density at radius 3 is 2.17 bits per heavy atom. The quantitative estimate of drug-likeness (QED) is 0.183. The number of hydrogen-bond donors (Lipinski definition) is 7. The number of aliphatic hydroxyl groups is 3. The van der Waals surface area contributed by atoms with Crippen molar-refractivity contribution in [1.29, 1.82) is 0 Å². The van der Waals surface area contributed by atoms with Crippen molar-refractivity contribution in [2.75, 3.05) is 38.4 Å². The number of amides is 4. The number of aliphatic hydroxyl groups excluding tert-OH is 2. The molecule has 3 aliphatic carbocycles. The first-order valence-electron chi connectivity index (χ1n) is 15.0. The van der Waals surface area contributed by atoms with Gasteiger partial charge in [0.05, 0.1) is 17.3 Å². The Kier molecular flexibility index (Phi) is 9.50. The number of ketones is 2. The van der Waals surface area contributed by atoms with Crippen molar-refractivity contribution >= 4 is 46.5 Å². The Hall–Kier alpha value is -5.21. The molecule has 250 valence electrons. The third-order valence-corrected chi connectivity index (χ3v) is 8.69. The molecule has 0 aromatic heterocycles. The SMILES string of the molecule is CC.CN(C)c1cc(NC(=O)NC(=O)c2ccccc2)c(O)c2c1C[C@H]1C[C@H]3[C@H](N(C)C)C(=O)C(C(N)=O)=C(O)[C@@]3(O)C(=O)C1=C2O. The van der Waals surface area contributed by atoms with Crippen molar-refractivity contribution < 1.29 is 44.4 Å². The van der Waals surface area contributed by atoms with Gasteiger partial charge in [-0.25, -0.2) is 4.79 Å². The van der Waals surface area contributed by atoms with Crippen LogP contribution in [-0.4, -0.2) is 94.6 Å². The normalized spacial score (nSPS) is 23.2. The van der Waals surface area contributed by atoms with Crippen molar-refractivity contribution in [2.45, 2.75) is 38.3 Å². The smallest absolute Gasteiger partial charge is 0.326 e. The molecule has 14 nitrogen and oxygen atoms in total. The van der Waals surface area contributed by atoms with E-state index in [9.17, 15) is 44.4 Å². The highest BCUT2D eigenvalue weighted by molar-refractivity contribution is 6.24. The first kappa shape index (κ1) is 34.7. The van der Waals surface area contributed by atoms with Gasteiger partial charge < -0.3 is 36.4 Å². The average Bonchev–Trinajstić information content (AvgIpc) is 3.01. The topological polar surface area (TPSA) is 223 Å². The first-order chi connectivity index (χ1) is 22.1. The summed E-state index contributed by atoms with van der Waals surface area (Å²) < 4.78 is 0. The lowest BCUT2D eigenvalue weighted by atomic mass is 9.57. The number of hydrogen-bond acceptors (Lipinski definition) is 11. The molecule has 3 aliphatic rings. The fourth-order valence-electron chi connectivity index (χ4n) is 6.70. The van der Waals surface area contributed by atoms with Crippen molar-refractivity contribution in [3.05, 3.63) is 70.0 Å². The molecule has 0 unspecified atom stereocenters. The van der Waals surface area contributed by atoms with Crippen LogP contribution in [0.1, 0.15) is 41.8 Å². The van der Waals surface area contributed by atoms with E-state index in [1.807, 2.05) is 13.8 Å². The number of Topliss-reactive ketones (excluding diaryl/α,β-unsaturated/α-hetero) is 2. The number of nitrogens with zero attached hydrogens (tertiary/aromatic N) is 2. The monoisotopic (exact) mass is 649 g/mol. The predicted molar refractivity (Wildman–Crippen MR) is 173 cm³/mol. The van der Waals surface area contributed by atoms with E-state index in [0.29, 0.717) is 11.3 Å². The van der Waals surface area contributed by atoms with Crippen LogP contribution in [0.4, 0.5) is 16.2 Å². The Bertz CT molecular complexity index is 1730. The lowest BCUT2D eigenvalue weighted by Gasteiger charge is -2.50. The summed E-state index contributed by atoms with van der Waals surface area (Å²) in [5, 5.41) is 50.3. The standard InChI is InChI=1S/C31H33N5O9.C2H6/c1-35(2)18-12-17(33-30(44)34-29(43)13-8-6-5-7-9-13)23(37)20-15(18)10-14-11-16-22(36(3)4)25(39)21(28(32)42)27(41)31(16,45)26(40)19(14)24(20)38;1-2/h5-9,12,14,16,22,37-38,41,45H,10-11H2,1-4H3,(H2,32,42)(H2,33,34,43,44);1-2H3/t14-,16-,22-,31-;/m0./s1. The number of phenolic OH excluding ortho intramolecular Hbond substituents is 1. The molecule has 0 spiro atoms. The molecule has 1 fully saturated rings. The number of aromatic hydroxyl groups is 1. The second kappa shape index (κ2) is 12.9. The van der Waals surface area contributed by atoms with E-state index < -0.39 is 75.7 Å². The molecule has 2 aromatic carbocycles. The van der Waals surface area contributed by atoms with Crippen LogP contribution in [0.2, 0.25) is 0 Å². The number of nitrogens with two attached hydrogens (primary N) is 1. The second-order valence-corrected chi connectivity index (χ2v) is 11.8. The summed E-state index contributed by atoms with van der Waals surface area (Å²) in [4.78, 5) is 67.9. The maximum Gasteiger partial charge on any atom is 0.326 e. The maximum absolute atomic E-state index is 14.1. The average molecular weight is 650 g/mol. The van der Waals surface area contributed by atoms with E-state index in [2.05, 4.69) is 10.6 Å². The Balaban J connectivity index is 0.00000245. The lowest BCUT2D eigenvalue weighted by molar-refractivity contribution is -0.153. The molecular formula is C33H39N5O9. The molecule has 5 rings (SSSR count). The molecule has 4 atom stereocenters. The van der Waals surface area contributed by atoms with Gasteiger partial charge in [0, 0.05) is 36.8 Å². The lowest BCUT2D eigenvalue weighted by Crippen LogP contribution is -2.65. The number of imide groups is 1. The van der Waals surface area contributed by atoms with E-state index in [0.717, 1.165) is 0 Å². The largest absolute Gasteiger partial charge is 0.508 e.